The average molecular weight is 225 g/mol. The molecule has 0 bridgehead atoms. The third kappa shape index (κ3) is 2.20. The Labute approximate surface area is 93.8 Å². The number of rotatable bonds is 4. The van der Waals surface area contributed by atoms with Crippen molar-refractivity contribution in [3.8, 4) is 11.5 Å². The molecule has 2 rings (SSSR count). The molecule has 0 aromatic heterocycles. The zero-order chi connectivity index (χ0) is 11.5. The Hall–Kier alpha value is -1.46. The summed E-state index contributed by atoms with van der Waals surface area (Å²) >= 11 is 0. The molecule has 88 valence electrons. The standard InChI is InChI=1S/C11H15NO4/c1-12(5-9(14)6-13)8-2-3-10-11(4-8)16-7-15-10/h2-4,9,13-14H,5-7H2,1H3. The number of hydrogen-bond acceptors (Lipinski definition) is 5. The van der Waals surface area contributed by atoms with Gasteiger partial charge in [-0.2, -0.15) is 0 Å². The molecule has 1 heterocycles. The van der Waals surface area contributed by atoms with E-state index in [2.05, 4.69) is 0 Å². The summed E-state index contributed by atoms with van der Waals surface area (Å²) in [7, 11) is 1.84. The van der Waals surface area contributed by atoms with Gasteiger partial charge in [0.1, 0.15) is 0 Å². The van der Waals surface area contributed by atoms with Gasteiger partial charge < -0.3 is 24.6 Å². The highest BCUT2D eigenvalue weighted by molar-refractivity contribution is 5.56. The van der Waals surface area contributed by atoms with E-state index in [-0.39, 0.29) is 13.4 Å². The van der Waals surface area contributed by atoms with E-state index in [1.165, 1.54) is 0 Å². The van der Waals surface area contributed by atoms with Crippen LogP contribution in [0.15, 0.2) is 18.2 Å². The van der Waals surface area contributed by atoms with Crippen LogP contribution in [0.1, 0.15) is 0 Å². The number of aliphatic hydroxyl groups is 2. The highest BCUT2D eigenvalue weighted by atomic mass is 16.7. The van der Waals surface area contributed by atoms with Crippen LogP contribution < -0.4 is 14.4 Å². The highest BCUT2D eigenvalue weighted by Gasteiger charge is 2.15. The molecule has 1 unspecified atom stereocenters. The Balaban J connectivity index is 2.09. The van der Waals surface area contributed by atoms with Gasteiger partial charge in [-0.15, -0.1) is 0 Å². The Bertz CT molecular complexity index is 369. The molecular weight excluding hydrogens is 210 g/mol. The van der Waals surface area contributed by atoms with Gasteiger partial charge >= 0.3 is 0 Å². The van der Waals surface area contributed by atoms with Crippen LogP contribution in [-0.4, -0.2) is 43.3 Å². The summed E-state index contributed by atoms with van der Waals surface area (Å²) in [5.41, 5.74) is 0.914. The Kier molecular flexibility index (Phi) is 3.17. The number of aliphatic hydroxyl groups excluding tert-OH is 2. The predicted molar refractivity (Wildman–Crippen MR) is 58.9 cm³/mol. The fraction of sp³-hybridized carbons (Fsp3) is 0.455. The predicted octanol–water partition coefficient (Wildman–Crippen LogP) is 0.205. The van der Waals surface area contributed by atoms with E-state index in [0.717, 1.165) is 11.4 Å². The van der Waals surface area contributed by atoms with Crippen LogP contribution in [0.5, 0.6) is 11.5 Å². The van der Waals surface area contributed by atoms with Crippen LogP contribution in [0.2, 0.25) is 0 Å². The monoisotopic (exact) mass is 225 g/mol. The van der Waals surface area contributed by atoms with Crippen molar-refractivity contribution < 1.29 is 19.7 Å². The van der Waals surface area contributed by atoms with Crippen molar-refractivity contribution in [1.29, 1.82) is 0 Å². The van der Waals surface area contributed by atoms with Crippen molar-refractivity contribution in [3.63, 3.8) is 0 Å². The Morgan fingerprint density at radius 2 is 2.12 bits per heavy atom. The lowest BCUT2D eigenvalue weighted by molar-refractivity contribution is 0.101. The third-order valence-corrected chi connectivity index (χ3v) is 2.49. The van der Waals surface area contributed by atoms with Crippen LogP contribution in [0.4, 0.5) is 5.69 Å². The molecule has 0 radical (unpaired) electrons. The van der Waals surface area contributed by atoms with Gasteiger partial charge in [0.25, 0.3) is 0 Å². The van der Waals surface area contributed by atoms with Gasteiger partial charge in [-0.05, 0) is 12.1 Å². The molecule has 0 saturated heterocycles. The summed E-state index contributed by atoms with van der Waals surface area (Å²) in [6, 6.07) is 5.57. The number of ether oxygens (including phenoxy) is 2. The van der Waals surface area contributed by atoms with E-state index in [0.29, 0.717) is 12.3 Å². The third-order valence-electron chi connectivity index (χ3n) is 2.49. The second kappa shape index (κ2) is 4.59. The normalized spacial score (nSPS) is 14.9. The molecule has 1 atom stereocenters. The Morgan fingerprint density at radius 3 is 2.88 bits per heavy atom. The smallest absolute Gasteiger partial charge is 0.231 e. The molecule has 5 nitrogen and oxygen atoms in total. The Morgan fingerprint density at radius 1 is 1.38 bits per heavy atom. The molecule has 0 aliphatic carbocycles. The first-order chi connectivity index (χ1) is 7.70. The first-order valence-corrected chi connectivity index (χ1v) is 5.10. The second-order valence-electron chi connectivity index (χ2n) is 3.75. The summed E-state index contributed by atoms with van der Waals surface area (Å²) in [5.74, 6) is 1.45. The fourth-order valence-electron chi connectivity index (χ4n) is 1.60. The lowest BCUT2D eigenvalue weighted by atomic mass is 10.2. The van der Waals surface area contributed by atoms with E-state index in [1.54, 1.807) is 0 Å². The minimum atomic E-state index is -0.740. The molecular formula is C11H15NO4. The second-order valence-corrected chi connectivity index (χ2v) is 3.75. The lowest BCUT2D eigenvalue weighted by Gasteiger charge is -2.21. The van der Waals surface area contributed by atoms with Crippen molar-refractivity contribution >= 4 is 5.69 Å². The number of nitrogens with zero attached hydrogens (tertiary/aromatic N) is 1. The van der Waals surface area contributed by atoms with E-state index >= 15 is 0 Å². The van der Waals surface area contributed by atoms with Crippen LogP contribution >= 0.6 is 0 Å². The van der Waals surface area contributed by atoms with Crippen LogP contribution in [0, 0.1) is 0 Å². The largest absolute Gasteiger partial charge is 0.454 e. The number of benzene rings is 1. The van der Waals surface area contributed by atoms with Crippen molar-refractivity contribution in [1.82, 2.24) is 0 Å². The molecule has 0 spiro atoms. The molecule has 0 amide bonds. The zero-order valence-electron chi connectivity index (χ0n) is 9.09. The van der Waals surface area contributed by atoms with Crippen molar-refractivity contribution in [2.75, 3.05) is 31.9 Å². The maximum Gasteiger partial charge on any atom is 0.231 e. The van der Waals surface area contributed by atoms with Crippen LogP contribution in [0.3, 0.4) is 0 Å². The van der Waals surface area contributed by atoms with Gasteiger partial charge in [-0.1, -0.05) is 0 Å². The van der Waals surface area contributed by atoms with E-state index in [4.69, 9.17) is 14.6 Å². The van der Waals surface area contributed by atoms with Gasteiger partial charge in [-0.3, -0.25) is 0 Å². The molecule has 1 aromatic rings. The number of hydrogen-bond donors (Lipinski definition) is 2. The SMILES string of the molecule is CN(CC(O)CO)c1ccc2c(c1)OCO2. The van der Waals surface area contributed by atoms with Gasteiger partial charge in [0.05, 0.1) is 12.7 Å². The van der Waals surface area contributed by atoms with Crippen molar-refractivity contribution in [3.05, 3.63) is 18.2 Å². The molecule has 1 aromatic carbocycles. The molecule has 1 aliphatic rings. The minimum absolute atomic E-state index is 0.241. The van der Waals surface area contributed by atoms with Gasteiger partial charge in [0.2, 0.25) is 6.79 Å². The van der Waals surface area contributed by atoms with Crippen LogP contribution in [0.25, 0.3) is 0 Å². The van der Waals surface area contributed by atoms with Crippen LogP contribution in [-0.2, 0) is 0 Å². The first-order valence-electron chi connectivity index (χ1n) is 5.10. The molecule has 5 heteroatoms. The zero-order valence-corrected chi connectivity index (χ0v) is 9.09. The molecule has 2 N–H and O–H groups in total. The van der Waals surface area contributed by atoms with E-state index in [9.17, 15) is 5.11 Å². The summed E-state index contributed by atoms with van der Waals surface area (Å²) < 4.78 is 10.5. The highest BCUT2D eigenvalue weighted by Crippen LogP contribution is 2.35. The summed E-state index contributed by atoms with van der Waals surface area (Å²) in [5, 5.41) is 18.1. The number of fused-ring (bicyclic) bond motifs is 1. The quantitative estimate of drug-likeness (QED) is 0.766. The molecule has 1 aliphatic heterocycles. The summed E-state index contributed by atoms with van der Waals surface area (Å²) in [6.07, 6.45) is -0.740. The minimum Gasteiger partial charge on any atom is -0.454 e. The van der Waals surface area contributed by atoms with Gasteiger partial charge in [0, 0.05) is 25.3 Å². The topological polar surface area (TPSA) is 62.2 Å². The lowest BCUT2D eigenvalue weighted by Crippen LogP contribution is -2.31. The first kappa shape index (κ1) is 11.0. The van der Waals surface area contributed by atoms with Gasteiger partial charge in [0.15, 0.2) is 11.5 Å². The molecule has 16 heavy (non-hydrogen) atoms. The molecule has 0 fully saturated rings. The van der Waals surface area contributed by atoms with Gasteiger partial charge in [-0.25, -0.2) is 0 Å². The van der Waals surface area contributed by atoms with E-state index in [1.807, 2.05) is 30.1 Å². The molecule has 0 saturated carbocycles. The number of anilines is 1. The summed E-state index contributed by atoms with van der Waals surface area (Å²) in [4.78, 5) is 1.85. The van der Waals surface area contributed by atoms with E-state index < -0.39 is 6.10 Å². The van der Waals surface area contributed by atoms with Crippen molar-refractivity contribution in [2.24, 2.45) is 0 Å². The maximum atomic E-state index is 9.34. The summed E-state index contributed by atoms with van der Waals surface area (Å²) in [6.45, 7) is 0.382. The maximum absolute atomic E-state index is 9.34. The average Bonchev–Trinajstić information content (AvgIpc) is 2.75. The number of likely N-dealkylation sites (N-methyl/N-ethyl adjacent to an activating group) is 1. The fourth-order valence-corrected chi connectivity index (χ4v) is 1.60. The van der Waals surface area contributed by atoms with Crippen molar-refractivity contribution in [2.45, 2.75) is 6.10 Å².